The smallest absolute Gasteiger partial charge is 0.141 e. The molecule has 106 valence electrons. The quantitative estimate of drug-likeness (QED) is 0.655. The van der Waals surface area contributed by atoms with Crippen LogP contribution in [0, 0.1) is 19.7 Å². The molecule has 0 saturated carbocycles. The van der Waals surface area contributed by atoms with Crippen LogP contribution in [0.15, 0.2) is 34.8 Å². The van der Waals surface area contributed by atoms with Gasteiger partial charge in [0.2, 0.25) is 0 Å². The van der Waals surface area contributed by atoms with E-state index in [4.69, 9.17) is 16.3 Å². The lowest BCUT2D eigenvalue weighted by Crippen LogP contribution is -2.02. The Labute approximate surface area is 131 Å². The Hall–Kier alpha value is -1.06. The zero-order valence-corrected chi connectivity index (χ0v) is 13.8. The Morgan fingerprint density at radius 1 is 1.20 bits per heavy atom. The lowest BCUT2D eigenvalue weighted by Gasteiger charge is -2.19. The predicted octanol–water partition coefficient (Wildman–Crippen LogP) is 5.54. The Morgan fingerprint density at radius 2 is 1.80 bits per heavy atom. The van der Waals surface area contributed by atoms with Gasteiger partial charge in [-0.15, -0.1) is 11.6 Å². The number of alkyl halides is 1. The molecular formula is C16H15BrClFO. The standard InChI is InChI=1S/C16H15BrClFO/c1-9-5-4-6-10(2)15(9)16(18)11-7-12(17)13(19)8-14(11)20-3/h4-8,16H,1-3H3. The number of ether oxygens (including phenoxy) is 1. The molecule has 0 bridgehead atoms. The Kier molecular flexibility index (Phi) is 4.71. The molecule has 2 rings (SSSR count). The average molecular weight is 358 g/mol. The highest BCUT2D eigenvalue weighted by atomic mass is 79.9. The van der Waals surface area contributed by atoms with Gasteiger partial charge >= 0.3 is 0 Å². The first-order chi connectivity index (χ1) is 9.45. The first-order valence-electron chi connectivity index (χ1n) is 6.18. The van der Waals surface area contributed by atoms with Crippen molar-refractivity contribution in [1.82, 2.24) is 0 Å². The second kappa shape index (κ2) is 6.15. The molecule has 0 amide bonds. The van der Waals surface area contributed by atoms with Gasteiger partial charge in [-0.1, -0.05) is 18.2 Å². The number of hydrogen-bond donors (Lipinski definition) is 0. The van der Waals surface area contributed by atoms with Gasteiger partial charge in [-0.2, -0.15) is 0 Å². The van der Waals surface area contributed by atoms with E-state index in [2.05, 4.69) is 15.9 Å². The first-order valence-corrected chi connectivity index (χ1v) is 7.41. The fourth-order valence-corrected chi connectivity index (χ4v) is 3.18. The van der Waals surface area contributed by atoms with Crippen LogP contribution in [0.4, 0.5) is 4.39 Å². The van der Waals surface area contributed by atoms with E-state index in [1.165, 1.54) is 13.2 Å². The summed E-state index contributed by atoms with van der Waals surface area (Å²) in [5.74, 6) is 0.0873. The van der Waals surface area contributed by atoms with E-state index in [-0.39, 0.29) is 11.2 Å². The van der Waals surface area contributed by atoms with Crippen LogP contribution in [-0.2, 0) is 0 Å². The van der Waals surface area contributed by atoms with Crippen molar-refractivity contribution in [2.75, 3.05) is 7.11 Å². The number of aryl methyl sites for hydroxylation is 2. The molecule has 0 fully saturated rings. The molecule has 0 radical (unpaired) electrons. The molecule has 20 heavy (non-hydrogen) atoms. The summed E-state index contributed by atoms with van der Waals surface area (Å²) in [5, 5.41) is -0.386. The summed E-state index contributed by atoms with van der Waals surface area (Å²) < 4.78 is 19.2. The minimum absolute atomic E-state index is 0.365. The van der Waals surface area contributed by atoms with E-state index in [1.807, 2.05) is 32.0 Å². The van der Waals surface area contributed by atoms with Crippen LogP contribution in [0.1, 0.15) is 27.6 Å². The molecule has 0 aliphatic rings. The van der Waals surface area contributed by atoms with Gasteiger partial charge in [0, 0.05) is 11.6 Å². The van der Waals surface area contributed by atoms with Gasteiger partial charge in [-0.25, -0.2) is 4.39 Å². The maximum atomic E-state index is 13.6. The molecule has 0 aromatic heterocycles. The van der Waals surface area contributed by atoms with Gasteiger partial charge in [0.05, 0.1) is 17.0 Å². The minimum Gasteiger partial charge on any atom is -0.496 e. The summed E-state index contributed by atoms with van der Waals surface area (Å²) in [6, 6.07) is 9.06. The average Bonchev–Trinajstić information content (AvgIpc) is 2.41. The van der Waals surface area contributed by atoms with Gasteiger partial charge in [0.25, 0.3) is 0 Å². The molecule has 0 aliphatic carbocycles. The molecule has 1 unspecified atom stereocenters. The van der Waals surface area contributed by atoms with E-state index in [0.717, 1.165) is 22.3 Å². The number of rotatable bonds is 3. The zero-order chi connectivity index (χ0) is 14.9. The van der Waals surface area contributed by atoms with Crippen molar-refractivity contribution in [2.24, 2.45) is 0 Å². The Bertz CT molecular complexity index is 622. The van der Waals surface area contributed by atoms with Crippen LogP contribution >= 0.6 is 27.5 Å². The second-order valence-electron chi connectivity index (χ2n) is 4.68. The van der Waals surface area contributed by atoms with Crippen LogP contribution in [0.2, 0.25) is 0 Å². The summed E-state index contributed by atoms with van der Waals surface area (Å²) in [5.41, 5.74) is 3.99. The molecule has 0 N–H and O–H groups in total. The summed E-state index contributed by atoms with van der Waals surface area (Å²) in [6.45, 7) is 4.03. The highest BCUT2D eigenvalue weighted by Crippen LogP contribution is 2.40. The first kappa shape index (κ1) is 15.3. The molecular weight excluding hydrogens is 343 g/mol. The van der Waals surface area contributed by atoms with Gasteiger partial charge in [-0.05, 0) is 52.5 Å². The zero-order valence-electron chi connectivity index (χ0n) is 11.5. The number of methoxy groups -OCH3 is 1. The van der Waals surface area contributed by atoms with Crippen molar-refractivity contribution < 1.29 is 9.13 Å². The van der Waals surface area contributed by atoms with Crippen molar-refractivity contribution in [3.63, 3.8) is 0 Å². The SMILES string of the molecule is COc1cc(F)c(Br)cc1C(Cl)c1c(C)cccc1C. The molecule has 0 heterocycles. The molecule has 0 saturated heterocycles. The molecule has 1 nitrogen and oxygen atoms in total. The van der Waals surface area contributed by atoms with E-state index in [9.17, 15) is 4.39 Å². The van der Waals surface area contributed by atoms with Crippen LogP contribution in [0.25, 0.3) is 0 Å². The number of halogens is 3. The lowest BCUT2D eigenvalue weighted by atomic mass is 9.95. The molecule has 4 heteroatoms. The van der Waals surface area contributed by atoms with Crippen molar-refractivity contribution in [3.05, 3.63) is 62.9 Å². The highest BCUT2D eigenvalue weighted by molar-refractivity contribution is 9.10. The van der Waals surface area contributed by atoms with Crippen molar-refractivity contribution in [3.8, 4) is 5.75 Å². The summed E-state index contributed by atoms with van der Waals surface area (Å²) in [6.07, 6.45) is 0. The topological polar surface area (TPSA) is 9.23 Å². The third-order valence-electron chi connectivity index (χ3n) is 3.34. The fraction of sp³-hybridized carbons (Fsp3) is 0.250. The second-order valence-corrected chi connectivity index (χ2v) is 5.97. The fourth-order valence-electron chi connectivity index (χ4n) is 2.30. The van der Waals surface area contributed by atoms with E-state index >= 15 is 0 Å². The maximum absolute atomic E-state index is 13.6. The Balaban J connectivity index is 2.59. The molecule has 1 atom stereocenters. The molecule has 0 spiro atoms. The van der Waals surface area contributed by atoms with E-state index in [1.54, 1.807) is 6.07 Å². The molecule has 0 aliphatic heterocycles. The Morgan fingerprint density at radius 3 is 2.35 bits per heavy atom. The summed E-state index contributed by atoms with van der Waals surface area (Å²) >= 11 is 9.83. The van der Waals surface area contributed by atoms with Crippen LogP contribution in [0.3, 0.4) is 0 Å². The van der Waals surface area contributed by atoms with Crippen molar-refractivity contribution in [1.29, 1.82) is 0 Å². The predicted molar refractivity (Wildman–Crippen MR) is 84.3 cm³/mol. The number of hydrogen-bond acceptors (Lipinski definition) is 1. The number of benzene rings is 2. The van der Waals surface area contributed by atoms with Crippen LogP contribution < -0.4 is 4.74 Å². The third kappa shape index (κ3) is 2.84. The van der Waals surface area contributed by atoms with Crippen molar-refractivity contribution >= 4 is 27.5 Å². The largest absolute Gasteiger partial charge is 0.496 e. The van der Waals surface area contributed by atoms with Crippen LogP contribution in [0.5, 0.6) is 5.75 Å². The summed E-state index contributed by atoms with van der Waals surface area (Å²) in [4.78, 5) is 0. The molecule has 2 aromatic rings. The minimum atomic E-state index is -0.386. The monoisotopic (exact) mass is 356 g/mol. The molecule has 2 aromatic carbocycles. The van der Waals surface area contributed by atoms with Gasteiger partial charge < -0.3 is 4.74 Å². The summed E-state index contributed by atoms with van der Waals surface area (Å²) in [7, 11) is 1.51. The van der Waals surface area contributed by atoms with Crippen molar-refractivity contribution in [2.45, 2.75) is 19.2 Å². The highest BCUT2D eigenvalue weighted by Gasteiger charge is 2.21. The lowest BCUT2D eigenvalue weighted by molar-refractivity contribution is 0.406. The normalized spacial score (nSPS) is 12.3. The van der Waals surface area contributed by atoms with Gasteiger partial charge in [0.1, 0.15) is 11.6 Å². The van der Waals surface area contributed by atoms with E-state index in [0.29, 0.717) is 10.2 Å². The van der Waals surface area contributed by atoms with E-state index < -0.39 is 0 Å². The van der Waals surface area contributed by atoms with Gasteiger partial charge in [-0.3, -0.25) is 0 Å². The third-order valence-corrected chi connectivity index (χ3v) is 4.40. The van der Waals surface area contributed by atoms with Crippen LogP contribution in [-0.4, -0.2) is 7.11 Å². The van der Waals surface area contributed by atoms with Gasteiger partial charge in [0.15, 0.2) is 0 Å². The maximum Gasteiger partial charge on any atom is 0.141 e.